The molecule has 2 rings (SSSR count). The van der Waals surface area contributed by atoms with Crippen LogP contribution < -0.4 is 4.74 Å². The van der Waals surface area contributed by atoms with E-state index in [9.17, 15) is 25.0 Å². The van der Waals surface area contributed by atoms with Crippen molar-refractivity contribution in [3.8, 4) is 5.75 Å². The molecule has 27 heavy (non-hydrogen) atoms. The molecule has 0 atom stereocenters. The largest absolute Gasteiger partial charge is 0.479 e. The summed E-state index contributed by atoms with van der Waals surface area (Å²) in [6, 6.07) is 3.11. The number of carbonyl (C=O) groups excluding carboxylic acids is 1. The van der Waals surface area contributed by atoms with Crippen LogP contribution in [0.15, 0.2) is 18.2 Å². The Hall–Kier alpha value is -2.51. The quantitative estimate of drug-likeness (QED) is 0.307. The molecule has 0 aliphatic heterocycles. The molecule has 1 fully saturated rings. The molecule has 0 bridgehead atoms. The van der Waals surface area contributed by atoms with Crippen molar-refractivity contribution in [2.45, 2.75) is 64.2 Å². The second kappa shape index (κ2) is 10.6. The van der Waals surface area contributed by atoms with E-state index in [1.807, 2.05) is 0 Å². The van der Waals surface area contributed by atoms with Gasteiger partial charge in [0.25, 0.3) is 5.69 Å². The standard InChI is InChI=1S/C19H25N2O6/c22-17(10-6-2-5-9-15-7-3-1-4-8-15)14-27-19-12-11-16(20(23)24)13-18(19)21(25)26/h11-13H,1-10,14H2. The minimum atomic E-state index is -0.754. The minimum Gasteiger partial charge on any atom is -0.479 e. The highest BCUT2D eigenvalue weighted by molar-refractivity contribution is 5.80. The molecule has 0 saturated heterocycles. The van der Waals surface area contributed by atoms with Gasteiger partial charge in [0.1, 0.15) is 6.61 Å². The Kier molecular flexibility index (Phi) is 8.16. The summed E-state index contributed by atoms with van der Waals surface area (Å²) >= 11 is 0. The van der Waals surface area contributed by atoms with Crippen LogP contribution in [0.1, 0.15) is 64.2 Å². The monoisotopic (exact) mass is 377 g/mol. The number of ketones is 1. The minimum absolute atomic E-state index is 0.132. The van der Waals surface area contributed by atoms with E-state index in [0.29, 0.717) is 6.42 Å². The average Bonchev–Trinajstić information content (AvgIpc) is 2.66. The Morgan fingerprint density at radius 1 is 1.00 bits per heavy atom. The fourth-order valence-corrected chi connectivity index (χ4v) is 3.29. The van der Waals surface area contributed by atoms with Gasteiger partial charge in [0, 0.05) is 12.5 Å². The van der Waals surface area contributed by atoms with Crippen LogP contribution in [0.4, 0.5) is 11.4 Å². The number of benzene rings is 1. The highest BCUT2D eigenvalue weighted by atomic mass is 16.6. The summed E-state index contributed by atoms with van der Waals surface area (Å²) in [5, 5.41) is 21.7. The van der Waals surface area contributed by atoms with Gasteiger partial charge in [-0.1, -0.05) is 32.1 Å². The number of unbranched alkanes of at least 4 members (excludes halogenated alkanes) is 2. The predicted molar refractivity (Wildman–Crippen MR) is 99.7 cm³/mol. The number of hydrogen-bond acceptors (Lipinski definition) is 6. The molecular weight excluding hydrogens is 352 g/mol. The van der Waals surface area contributed by atoms with E-state index in [0.717, 1.165) is 43.9 Å². The van der Waals surface area contributed by atoms with E-state index >= 15 is 0 Å². The van der Waals surface area contributed by atoms with Crippen LogP contribution in [-0.2, 0) is 4.79 Å². The Morgan fingerprint density at radius 2 is 1.74 bits per heavy atom. The number of nitrogens with zero attached hydrogens (tertiary/aromatic N) is 2. The third kappa shape index (κ3) is 6.96. The Labute approximate surface area is 158 Å². The van der Waals surface area contributed by atoms with Gasteiger partial charge >= 0.3 is 5.69 Å². The van der Waals surface area contributed by atoms with Crippen LogP contribution in [0.5, 0.6) is 5.75 Å². The normalized spacial score (nSPS) is 14.7. The maximum absolute atomic E-state index is 11.9. The van der Waals surface area contributed by atoms with Crippen LogP contribution >= 0.6 is 0 Å². The lowest BCUT2D eigenvalue weighted by atomic mass is 9.85. The van der Waals surface area contributed by atoms with Gasteiger partial charge in [-0.2, -0.15) is 0 Å². The summed E-state index contributed by atoms with van der Waals surface area (Å²) in [6.45, 7) is -0.268. The molecule has 1 radical (unpaired) electrons. The van der Waals surface area contributed by atoms with Gasteiger partial charge in [0.2, 0.25) is 0 Å². The second-order valence-corrected chi connectivity index (χ2v) is 6.86. The zero-order valence-corrected chi connectivity index (χ0v) is 15.4. The van der Waals surface area contributed by atoms with Gasteiger partial charge < -0.3 is 4.74 Å². The lowest BCUT2D eigenvalue weighted by Gasteiger charge is -2.20. The molecule has 1 aromatic rings. The first-order valence-corrected chi connectivity index (χ1v) is 9.38. The molecule has 1 aliphatic carbocycles. The molecule has 0 aromatic heterocycles. The number of hydrogen-bond donors (Lipinski definition) is 0. The number of nitro benzene ring substituents is 2. The van der Waals surface area contributed by atoms with Crippen molar-refractivity contribution < 1.29 is 19.4 Å². The average molecular weight is 377 g/mol. The first-order chi connectivity index (χ1) is 13.0. The molecule has 0 N–H and O–H groups in total. The SMILES string of the molecule is O=C(CCCCC[C]1CCCCC1)COc1ccc([N+](=O)[O-])cc1[N+](=O)[O-]. The summed E-state index contributed by atoms with van der Waals surface area (Å²) in [4.78, 5) is 32.2. The van der Waals surface area contributed by atoms with Gasteiger partial charge in [-0.15, -0.1) is 0 Å². The van der Waals surface area contributed by atoms with Gasteiger partial charge in [-0.05, 0) is 37.7 Å². The van der Waals surface area contributed by atoms with E-state index in [1.165, 1.54) is 32.1 Å². The maximum atomic E-state index is 11.9. The van der Waals surface area contributed by atoms with Crippen molar-refractivity contribution in [3.63, 3.8) is 0 Å². The second-order valence-electron chi connectivity index (χ2n) is 6.86. The summed E-state index contributed by atoms with van der Waals surface area (Å²) < 4.78 is 5.23. The molecule has 147 valence electrons. The predicted octanol–water partition coefficient (Wildman–Crippen LogP) is 4.94. The summed E-state index contributed by atoms with van der Waals surface area (Å²) in [7, 11) is 0. The van der Waals surface area contributed by atoms with Crippen LogP contribution in [-0.4, -0.2) is 22.2 Å². The molecule has 8 nitrogen and oxygen atoms in total. The van der Waals surface area contributed by atoms with E-state index in [4.69, 9.17) is 4.74 Å². The van der Waals surface area contributed by atoms with Crippen LogP contribution in [0.25, 0.3) is 0 Å². The highest BCUT2D eigenvalue weighted by Gasteiger charge is 2.21. The van der Waals surface area contributed by atoms with Gasteiger partial charge in [0.05, 0.1) is 15.9 Å². The fourth-order valence-electron chi connectivity index (χ4n) is 3.29. The molecular formula is C19H25N2O6. The Bertz CT molecular complexity index is 670. The fraction of sp³-hybridized carbons (Fsp3) is 0.579. The summed E-state index contributed by atoms with van der Waals surface area (Å²) in [6.07, 6.45) is 10.8. The zero-order valence-electron chi connectivity index (χ0n) is 15.4. The van der Waals surface area contributed by atoms with Crippen LogP contribution in [0.3, 0.4) is 0 Å². The molecule has 0 unspecified atom stereocenters. The van der Waals surface area contributed by atoms with E-state index in [2.05, 4.69) is 0 Å². The number of Topliss-reactive ketones (excluding diaryl/α,β-unsaturated/α-hetero) is 1. The van der Waals surface area contributed by atoms with Gasteiger partial charge in [-0.3, -0.25) is 25.0 Å². The number of non-ortho nitro benzene ring substituents is 1. The number of carbonyl (C=O) groups is 1. The number of nitro groups is 2. The molecule has 0 heterocycles. The van der Waals surface area contributed by atoms with E-state index in [1.54, 1.807) is 5.92 Å². The van der Waals surface area contributed by atoms with Crippen LogP contribution in [0.2, 0.25) is 0 Å². The smallest absolute Gasteiger partial charge is 0.317 e. The molecule has 0 spiro atoms. The molecule has 0 amide bonds. The molecule has 8 heteroatoms. The Balaban J connectivity index is 1.70. The van der Waals surface area contributed by atoms with Gasteiger partial charge in [-0.25, -0.2) is 0 Å². The topological polar surface area (TPSA) is 113 Å². The zero-order chi connectivity index (χ0) is 19.6. The maximum Gasteiger partial charge on any atom is 0.317 e. The van der Waals surface area contributed by atoms with Crippen molar-refractivity contribution >= 4 is 17.2 Å². The molecule has 1 saturated carbocycles. The number of rotatable bonds is 11. The summed E-state index contributed by atoms with van der Waals surface area (Å²) in [5.74, 6) is 1.39. The van der Waals surface area contributed by atoms with E-state index < -0.39 is 21.2 Å². The van der Waals surface area contributed by atoms with Crippen molar-refractivity contribution in [1.29, 1.82) is 0 Å². The first-order valence-electron chi connectivity index (χ1n) is 9.38. The van der Waals surface area contributed by atoms with Crippen LogP contribution in [0, 0.1) is 26.1 Å². The first kappa shape index (κ1) is 20.8. The van der Waals surface area contributed by atoms with Gasteiger partial charge in [0.15, 0.2) is 11.5 Å². The third-order valence-corrected chi connectivity index (χ3v) is 4.79. The van der Waals surface area contributed by atoms with Crippen molar-refractivity contribution in [1.82, 2.24) is 0 Å². The molecule has 1 aromatic carbocycles. The number of ether oxygens (including phenoxy) is 1. The van der Waals surface area contributed by atoms with Crippen molar-refractivity contribution in [2.24, 2.45) is 0 Å². The molecule has 1 aliphatic rings. The summed E-state index contributed by atoms with van der Waals surface area (Å²) in [5.41, 5.74) is -0.905. The lowest BCUT2D eigenvalue weighted by molar-refractivity contribution is -0.394. The Morgan fingerprint density at radius 3 is 2.41 bits per heavy atom. The van der Waals surface area contributed by atoms with Crippen molar-refractivity contribution in [2.75, 3.05) is 6.61 Å². The third-order valence-electron chi connectivity index (χ3n) is 4.79. The highest BCUT2D eigenvalue weighted by Crippen LogP contribution is 2.31. The van der Waals surface area contributed by atoms with E-state index in [-0.39, 0.29) is 18.1 Å². The lowest BCUT2D eigenvalue weighted by Crippen LogP contribution is -2.12. The van der Waals surface area contributed by atoms with Crippen molar-refractivity contribution in [3.05, 3.63) is 44.3 Å².